The fraction of sp³-hybridized carbons (Fsp3) is 0.412. The van der Waals surface area contributed by atoms with E-state index in [0.717, 1.165) is 5.56 Å². The molecule has 0 aliphatic rings. The van der Waals surface area contributed by atoms with Gasteiger partial charge in [0.2, 0.25) is 5.89 Å². The van der Waals surface area contributed by atoms with Crippen LogP contribution in [0.5, 0.6) is 0 Å². The molecule has 3 amide bonds. The Balaban J connectivity index is 2.00. The number of nitrogens with one attached hydrogen (secondary N) is 3. The molecule has 25 heavy (non-hydrogen) atoms. The van der Waals surface area contributed by atoms with E-state index in [2.05, 4.69) is 26.1 Å². The first-order valence-electron chi connectivity index (χ1n) is 8.05. The summed E-state index contributed by atoms with van der Waals surface area (Å²) in [4.78, 5) is 28.2. The normalized spacial score (nSPS) is 11.9. The van der Waals surface area contributed by atoms with Crippen LogP contribution in [0, 0.1) is 13.8 Å². The highest BCUT2D eigenvalue weighted by Crippen LogP contribution is 2.17. The number of aryl methyl sites for hydroxylation is 2. The van der Waals surface area contributed by atoms with Gasteiger partial charge in [-0.25, -0.2) is 4.79 Å². The van der Waals surface area contributed by atoms with Gasteiger partial charge in [-0.2, -0.15) is 4.98 Å². The first-order chi connectivity index (χ1) is 11.8. The predicted molar refractivity (Wildman–Crippen MR) is 93.4 cm³/mol. The van der Waals surface area contributed by atoms with Gasteiger partial charge in [-0.15, -0.1) is 0 Å². The number of nitrogens with zero attached hydrogens (tertiary/aromatic N) is 2. The topological polar surface area (TPSA) is 109 Å². The molecule has 1 heterocycles. The molecule has 0 saturated carbocycles. The van der Waals surface area contributed by atoms with Crippen LogP contribution in [0.1, 0.15) is 54.4 Å². The Labute approximate surface area is 146 Å². The maximum atomic E-state index is 12.1. The summed E-state index contributed by atoms with van der Waals surface area (Å²) in [5, 5.41) is 12.0. The second-order valence-electron chi connectivity index (χ2n) is 6.16. The molecule has 0 aliphatic carbocycles. The number of aromatic nitrogens is 2. The number of hydrogen-bond donors (Lipinski definition) is 3. The van der Waals surface area contributed by atoms with E-state index in [-0.39, 0.29) is 11.9 Å². The molecule has 8 heteroatoms. The first kappa shape index (κ1) is 18.4. The van der Waals surface area contributed by atoms with Gasteiger partial charge in [0.25, 0.3) is 5.91 Å². The van der Waals surface area contributed by atoms with Crippen molar-refractivity contribution >= 4 is 17.6 Å². The standard InChI is InChI=1S/C17H23N5O3/c1-9(2)18-15(23)13-6-7-14(10(3)8-13)21-17(24)19-11(4)16-20-12(5)22-25-16/h6-9,11H,1-5H3,(H,18,23)(H2,19,21,24)/t11-/m0/s1. The molecule has 1 aromatic heterocycles. The molecular weight excluding hydrogens is 322 g/mol. The lowest BCUT2D eigenvalue weighted by Crippen LogP contribution is -2.32. The quantitative estimate of drug-likeness (QED) is 0.772. The van der Waals surface area contributed by atoms with Gasteiger partial charge in [-0.1, -0.05) is 5.16 Å². The minimum absolute atomic E-state index is 0.0613. The number of amides is 3. The lowest BCUT2D eigenvalue weighted by Gasteiger charge is -2.14. The van der Waals surface area contributed by atoms with E-state index in [1.165, 1.54) is 0 Å². The number of hydrogen-bond acceptors (Lipinski definition) is 5. The van der Waals surface area contributed by atoms with Crippen molar-refractivity contribution in [3.63, 3.8) is 0 Å². The molecule has 134 valence electrons. The van der Waals surface area contributed by atoms with Crippen LogP contribution in [0.3, 0.4) is 0 Å². The Hall–Kier alpha value is -2.90. The zero-order valence-electron chi connectivity index (χ0n) is 15.0. The maximum absolute atomic E-state index is 12.1. The third-order valence-corrected chi connectivity index (χ3v) is 3.42. The van der Waals surface area contributed by atoms with E-state index in [4.69, 9.17) is 4.52 Å². The van der Waals surface area contributed by atoms with Crippen molar-refractivity contribution in [2.75, 3.05) is 5.32 Å². The van der Waals surface area contributed by atoms with E-state index < -0.39 is 12.1 Å². The molecule has 0 spiro atoms. The molecule has 2 aromatic rings. The molecule has 0 aliphatic heterocycles. The molecule has 1 aromatic carbocycles. The maximum Gasteiger partial charge on any atom is 0.319 e. The predicted octanol–water partition coefficient (Wildman–Crippen LogP) is 2.71. The highest BCUT2D eigenvalue weighted by atomic mass is 16.5. The highest BCUT2D eigenvalue weighted by Gasteiger charge is 2.16. The average Bonchev–Trinajstić information content (AvgIpc) is 2.95. The minimum Gasteiger partial charge on any atom is -0.350 e. The number of anilines is 1. The van der Waals surface area contributed by atoms with E-state index in [1.807, 2.05) is 20.8 Å². The molecule has 8 nitrogen and oxygen atoms in total. The molecule has 0 radical (unpaired) electrons. The van der Waals surface area contributed by atoms with Crippen molar-refractivity contribution in [1.82, 2.24) is 20.8 Å². The number of rotatable bonds is 5. The molecule has 0 unspecified atom stereocenters. The van der Waals surface area contributed by atoms with E-state index in [9.17, 15) is 9.59 Å². The number of carbonyl (C=O) groups is 2. The van der Waals surface area contributed by atoms with Gasteiger partial charge in [-0.05, 0) is 58.4 Å². The fourth-order valence-electron chi connectivity index (χ4n) is 2.20. The van der Waals surface area contributed by atoms with Gasteiger partial charge in [0.05, 0.1) is 0 Å². The first-order valence-corrected chi connectivity index (χ1v) is 8.05. The summed E-state index contributed by atoms with van der Waals surface area (Å²) in [7, 11) is 0. The number of urea groups is 1. The summed E-state index contributed by atoms with van der Waals surface area (Å²) in [6, 6.07) is 4.35. The molecule has 3 N–H and O–H groups in total. The number of benzene rings is 1. The van der Waals surface area contributed by atoms with Crippen LogP contribution in [0.2, 0.25) is 0 Å². The summed E-state index contributed by atoms with van der Waals surface area (Å²) < 4.78 is 5.03. The Kier molecular flexibility index (Phi) is 5.74. The van der Waals surface area contributed by atoms with Crippen LogP contribution in [0.25, 0.3) is 0 Å². The number of carbonyl (C=O) groups excluding carboxylic acids is 2. The average molecular weight is 345 g/mol. The zero-order chi connectivity index (χ0) is 18.6. The van der Waals surface area contributed by atoms with Gasteiger partial charge < -0.3 is 20.5 Å². The van der Waals surface area contributed by atoms with Gasteiger partial charge in [-0.3, -0.25) is 4.79 Å². The van der Waals surface area contributed by atoms with Crippen molar-refractivity contribution in [2.45, 2.75) is 46.7 Å². The SMILES string of the molecule is Cc1noc([C@H](C)NC(=O)Nc2ccc(C(=O)NC(C)C)cc2C)n1. The van der Waals surface area contributed by atoms with Crippen LogP contribution < -0.4 is 16.0 Å². The summed E-state index contributed by atoms with van der Waals surface area (Å²) in [5.74, 6) is 0.703. The fourth-order valence-corrected chi connectivity index (χ4v) is 2.20. The van der Waals surface area contributed by atoms with E-state index >= 15 is 0 Å². The Morgan fingerprint density at radius 1 is 1.12 bits per heavy atom. The summed E-state index contributed by atoms with van der Waals surface area (Å²) >= 11 is 0. The molecule has 1 atom stereocenters. The third-order valence-electron chi connectivity index (χ3n) is 3.42. The lowest BCUT2D eigenvalue weighted by molar-refractivity contribution is 0.0943. The van der Waals surface area contributed by atoms with E-state index in [1.54, 1.807) is 32.0 Å². The Morgan fingerprint density at radius 2 is 1.84 bits per heavy atom. The van der Waals surface area contributed by atoms with Crippen molar-refractivity contribution in [2.24, 2.45) is 0 Å². The summed E-state index contributed by atoms with van der Waals surface area (Å²) in [6.07, 6.45) is 0. The highest BCUT2D eigenvalue weighted by molar-refractivity contribution is 5.96. The molecule has 0 saturated heterocycles. The summed E-state index contributed by atoms with van der Waals surface area (Å²) in [6.45, 7) is 9.08. The third kappa shape index (κ3) is 5.03. The van der Waals surface area contributed by atoms with Crippen LogP contribution in [-0.4, -0.2) is 28.1 Å². The van der Waals surface area contributed by atoms with Gasteiger partial charge in [0.1, 0.15) is 6.04 Å². The zero-order valence-corrected chi connectivity index (χ0v) is 15.0. The van der Waals surface area contributed by atoms with Crippen LogP contribution in [0.15, 0.2) is 22.7 Å². The van der Waals surface area contributed by atoms with Crippen molar-refractivity contribution in [1.29, 1.82) is 0 Å². The molecule has 0 bridgehead atoms. The minimum atomic E-state index is -0.419. The molecule has 0 fully saturated rings. The van der Waals surface area contributed by atoms with Crippen molar-refractivity contribution in [3.05, 3.63) is 41.0 Å². The second-order valence-corrected chi connectivity index (χ2v) is 6.16. The van der Waals surface area contributed by atoms with Crippen molar-refractivity contribution in [3.8, 4) is 0 Å². The molecule has 2 rings (SSSR count). The Morgan fingerprint density at radius 3 is 2.40 bits per heavy atom. The molecular formula is C17H23N5O3. The second kappa shape index (κ2) is 7.78. The summed E-state index contributed by atoms with van der Waals surface area (Å²) in [5.41, 5.74) is 1.95. The van der Waals surface area contributed by atoms with Crippen LogP contribution in [-0.2, 0) is 0 Å². The van der Waals surface area contributed by atoms with Crippen molar-refractivity contribution < 1.29 is 14.1 Å². The smallest absolute Gasteiger partial charge is 0.319 e. The lowest BCUT2D eigenvalue weighted by atomic mass is 10.1. The van der Waals surface area contributed by atoms with E-state index in [0.29, 0.717) is 23.0 Å². The van der Waals surface area contributed by atoms with Gasteiger partial charge in [0, 0.05) is 17.3 Å². The van der Waals surface area contributed by atoms with Crippen LogP contribution >= 0.6 is 0 Å². The monoisotopic (exact) mass is 345 g/mol. The largest absolute Gasteiger partial charge is 0.350 e. The Bertz CT molecular complexity index is 769. The van der Waals surface area contributed by atoms with Crippen LogP contribution in [0.4, 0.5) is 10.5 Å². The van der Waals surface area contributed by atoms with Gasteiger partial charge in [0.15, 0.2) is 5.82 Å². The van der Waals surface area contributed by atoms with Gasteiger partial charge >= 0.3 is 6.03 Å².